The molecule has 0 spiro atoms. The van der Waals surface area contributed by atoms with Gasteiger partial charge in [0, 0.05) is 12.2 Å². The molecule has 1 aromatic heterocycles. The summed E-state index contributed by atoms with van der Waals surface area (Å²) in [5, 5.41) is 6.03. The van der Waals surface area contributed by atoms with Gasteiger partial charge < -0.3 is 9.73 Å². The number of benzene rings is 3. The first kappa shape index (κ1) is 27.4. The maximum atomic E-state index is 13.5. The molecular weight excluding hydrogens is 523 g/mol. The first-order chi connectivity index (χ1) is 18.7. The molecule has 0 saturated heterocycles. The van der Waals surface area contributed by atoms with Crippen LogP contribution in [0.25, 0.3) is 0 Å². The molecule has 0 aliphatic carbocycles. The first-order valence-corrected chi connectivity index (χ1v) is 13.2. The van der Waals surface area contributed by atoms with Crippen LogP contribution in [0.1, 0.15) is 22.6 Å². The van der Waals surface area contributed by atoms with Gasteiger partial charge in [0.25, 0.3) is 0 Å². The summed E-state index contributed by atoms with van der Waals surface area (Å²) in [5.74, 6) is -1.92. The van der Waals surface area contributed by atoms with Crippen molar-refractivity contribution in [1.82, 2.24) is 9.73 Å². The summed E-state index contributed by atoms with van der Waals surface area (Å²) in [7, 11) is -3.85. The number of hydrazone groups is 1. The van der Waals surface area contributed by atoms with E-state index < -0.39 is 27.7 Å². The highest BCUT2D eigenvalue weighted by Gasteiger charge is 2.26. The lowest BCUT2D eigenvalue weighted by Crippen LogP contribution is -2.32. The second kappa shape index (κ2) is 12.3. The standard InChI is InChI=1S/C28H25FN4O5S/c1-20-7-15-26(16-8-20)39(36,37)33(18-21-5-3-2-4-6-21)19-25-14-13-24(38-25)17-30-32-28(35)27(34)31-23-11-9-22(29)10-12-23/h2-17H,18-19H2,1H3,(H,31,34)(H,32,35)/b30-17+. The van der Waals surface area contributed by atoms with Gasteiger partial charge in [-0.3, -0.25) is 9.59 Å². The summed E-state index contributed by atoms with van der Waals surface area (Å²) < 4.78 is 46.9. The Morgan fingerprint density at radius 2 is 1.59 bits per heavy atom. The molecule has 2 N–H and O–H groups in total. The SMILES string of the molecule is Cc1ccc(S(=O)(=O)N(Cc2ccccc2)Cc2ccc(/C=N/NC(=O)C(=O)Nc3ccc(F)cc3)o2)cc1. The molecule has 3 aromatic carbocycles. The highest BCUT2D eigenvalue weighted by atomic mass is 32.2. The van der Waals surface area contributed by atoms with E-state index in [9.17, 15) is 22.4 Å². The van der Waals surface area contributed by atoms with E-state index >= 15 is 0 Å². The van der Waals surface area contributed by atoms with Gasteiger partial charge in [-0.15, -0.1) is 0 Å². The van der Waals surface area contributed by atoms with Crippen molar-refractivity contribution in [3.63, 3.8) is 0 Å². The van der Waals surface area contributed by atoms with Gasteiger partial charge in [-0.05, 0) is 61.0 Å². The van der Waals surface area contributed by atoms with E-state index in [4.69, 9.17) is 4.42 Å². The quantitative estimate of drug-likeness (QED) is 0.184. The number of nitrogens with one attached hydrogen (secondary N) is 2. The number of hydrogen-bond acceptors (Lipinski definition) is 6. The molecule has 2 amide bonds. The predicted molar refractivity (Wildman–Crippen MR) is 144 cm³/mol. The van der Waals surface area contributed by atoms with Crippen LogP contribution in [0.4, 0.5) is 10.1 Å². The van der Waals surface area contributed by atoms with E-state index in [2.05, 4.69) is 15.8 Å². The van der Waals surface area contributed by atoms with Gasteiger partial charge in [0.2, 0.25) is 10.0 Å². The molecule has 0 radical (unpaired) electrons. The van der Waals surface area contributed by atoms with Gasteiger partial charge in [0.05, 0.1) is 17.7 Å². The van der Waals surface area contributed by atoms with Crippen molar-refractivity contribution >= 4 is 33.7 Å². The zero-order valence-electron chi connectivity index (χ0n) is 20.9. The maximum absolute atomic E-state index is 13.5. The van der Waals surface area contributed by atoms with E-state index in [-0.39, 0.29) is 29.4 Å². The normalized spacial score (nSPS) is 11.6. The first-order valence-electron chi connectivity index (χ1n) is 11.8. The molecule has 1 heterocycles. The molecule has 0 unspecified atom stereocenters. The maximum Gasteiger partial charge on any atom is 0.329 e. The lowest BCUT2D eigenvalue weighted by Gasteiger charge is -2.21. The van der Waals surface area contributed by atoms with Crippen LogP contribution >= 0.6 is 0 Å². The van der Waals surface area contributed by atoms with Crippen LogP contribution in [0.15, 0.2) is 105 Å². The van der Waals surface area contributed by atoms with E-state index in [0.717, 1.165) is 23.3 Å². The van der Waals surface area contributed by atoms with Crippen LogP contribution in [0.3, 0.4) is 0 Å². The third kappa shape index (κ3) is 7.46. The zero-order chi connectivity index (χ0) is 27.8. The molecule has 0 atom stereocenters. The van der Waals surface area contributed by atoms with E-state index in [1.807, 2.05) is 37.3 Å². The molecular formula is C28H25FN4O5S. The van der Waals surface area contributed by atoms with Crippen molar-refractivity contribution in [2.45, 2.75) is 24.9 Å². The highest BCUT2D eigenvalue weighted by molar-refractivity contribution is 7.89. The number of carbonyl (C=O) groups is 2. The fourth-order valence-corrected chi connectivity index (χ4v) is 4.92. The third-order valence-electron chi connectivity index (χ3n) is 5.54. The number of furan rings is 1. The Morgan fingerprint density at radius 1 is 0.897 bits per heavy atom. The second-order valence-corrected chi connectivity index (χ2v) is 10.5. The molecule has 0 saturated carbocycles. The smallest absolute Gasteiger partial charge is 0.329 e. The number of hydrogen-bond donors (Lipinski definition) is 2. The number of carbonyl (C=O) groups excluding carboxylic acids is 2. The molecule has 200 valence electrons. The summed E-state index contributed by atoms with van der Waals surface area (Å²) in [6.45, 7) is 1.95. The van der Waals surface area contributed by atoms with Crippen molar-refractivity contribution in [1.29, 1.82) is 0 Å². The van der Waals surface area contributed by atoms with Crippen molar-refractivity contribution in [2.75, 3.05) is 5.32 Å². The van der Waals surface area contributed by atoms with Gasteiger partial charge in [-0.1, -0.05) is 48.0 Å². The van der Waals surface area contributed by atoms with Crippen molar-refractivity contribution in [3.05, 3.63) is 119 Å². The number of nitrogens with zero attached hydrogens (tertiary/aromatic N) is 2. The van der Waals surface area contributed by atoms with Crippen molar-refractivity contribution in [2.24, 2.45) is 5.10 Å². The summed E-state index contributed by atoms with van der Waals surface area (Å²) >= 11 is 0. The summed E-state index contributed by atoms with van der Waals surface area (Å²) in [5.41, 5.74) is 4.07. The number of sulfonamides is 1. The summed E-state index contributed by atoms with van der Waals surface area (Å²) in [6, 6.07) is 23.9. The Labute approximate surface area is 225 Å². The lowest BCUT2D eigenvalue weighted by molar-refractivity contribution is -0.136. The molecule has 9 nitrogen and oxygen atoms in total. The van der Waals surface area contributed by atoms with Crippen LogP contribution in [0.5, 0.6) is 0 Å². The average Bonchev–Trinajstić information content (AvgIpc) is 3.37. The molecule has 0 aliphatic rings. The van der Waals surface area contributed by atoms with Gasteiger partial charge in [-0.25, -0.2) is 18.2 Å². The lowest BCUT2D eigenvalue weighted by atomic mass is 10.2. The van der Waals surface area contributed by atoms with Gasteiger partial charge in [-0.2, -0.15) is 9.41 Å². The van der Waals surface area contributed by atoms with Crippen LogP contribution in [-0.2, 0) is 32.7 Å². The summed E-state index contributed by atoms with van der Waals surface area (Å²) in [4.78, 5) is 24.1. The van der Waals surface area contributed by atoms with Crippen molar-refractivity contribution < 1.29 is 26.8 Å². The summed E-state index contributed by atoms with van der Waals surface area (Å²) in [6.07, 6.45) is 1.18. The van der Waals surface area contributed by atoms with Crippen LogP contribution in [-0.4, -0.2) is 30.8 Å². The Morgan fingerprint density at radius 3 is 2.28 bits per heavy atom. The van der Waals surface area contributed by atoms with Gasteiger partial charge in [0.15, 0.2) is 0 Å². The van der Waals surface area contributed by atoms with E-state index in [1.165, 1.54) is 22.7 Å². The predicted octanol–water partition coefficient (Wildman–Crippen LogP) is 4.21. The van der Waals surface area contributed by atoms with Crippen LogP contribution < -0.4 is 10.7 Å². The minimum absolute atomic E-state index is 0.0502. The van der Waals surface area contributed by atoms with E-state index in [1.54, 1.807) is 36.4 Å². The molecule has 0 aliphatic heterocycles. The highest BCUT2D eigenvalue weighted by Crippen LogP contribution is 2.22. The van der Waals surface area contributed by atoms with Gasteiger partial charge in [0.1, 0.15) is 17.3 Å². The monoisotopic (exact) mass is 548 g/mol. The van der Waals surface area contributed by atoms with E-state index in [0.29, 0.717) is 5.76 Å². The number of halogens is 1. The Balaban J connectivity index is 1.42. The minimum Gasteiger partial charge on any atom is -0.459 e. The fourth-order valence-electron chi connectivity index (χ4n) is 3.52. The second-order valence-electron chi connectivity index (χ2n) is 8.54. The third-order valence-corrected chi connectivity index (χ3v) is 7.35. The molecule has 0 bridgehead atoms. The largest absolute Gasteiger partial charge is 0.459 e. The molecule has 39 heavy (non-hydrogen) atoms. The average molecular weight is 549 g/mol. The minimum atomic E-state index is -3.85. The van der Waals surface area contributed by atoms with Crippen LogP contribution in [0.2, 0.25) is 0 Å². The van der Waals surface area contributed by atoms with Crippen LogP contribution in [0, 0.1) is 12.7 Å². The Hall–Kier alpha value is -4.61. The van der Waals surface area contributed by atoms with Gasteiger partial charge >= 0.3 is 11.8 Å². The number of aryl methyl sites for hydroxylation is 1. The Kier molecular flexibility index (Phi) is 8.64. The number of anilines is 1. The number of amides is 2. The molecule has 4 aromatic rings. The topological polar surface area (TPSA) is 121 Å². The Bertz CT molecular complexity index is 1570. The molecule has 4 rings (SSSR count). The molecule has 11 heteroatoms. The fraction of sp³-hybridized carbons (Fsp3) is 0.107. The van der Waals surface area contributed by atoms with Crippen molar-refractivity contribution in [3.8, 4) is 0 Å². The zero-order valence-corrected chi connectivity index (χ0v) is 21.7. The molecule has 0 fully saturated rings. The number of rotatable bonds is 9.